The Bertz CT molecular complexity index is 540. The van der Waals surface area contributed by atoms with Gasteiger partial charge in [0.2, 0.25) is 0 Å². The van der Waals surface area contributed by atoms with E-state index in [1.807, 2.05) is 0 Å². The van der Waals surface area contributed by atoms with Crippen molar-refractivity contribution in [1.29, 1.82) is 0 Å². The number of hydrogen-bond donors (Lipinski definition) is 3. The number of carbonyl (C=O) groups excluding carboxylic acids is 1. The quantitative estimate of drug-likeness (QED) is 0.741. The van der Waals surface area contributed by atoms with Crippen LogP contribution in [0, 0.1) is 0 Å². The molecule has 6 nitrogen and oxygen atoms in total. The van der Waals surface area contributed by atoms with Gasteiger partial charge in [0, 0.05) is 6.42 Å². The van der Waals surface area contributed by atoms with Crippen molar-refractivity contribution in [1.82, 2.24) is 5.32 Å². The standard InChI is InChI=1S/C14H19ClN2O4/c1-14(2,3)21-13(20)17-11(12(18)19)7-8-4-5-10(16)9(15)6-8/h4-6,11H,7,16H2,1-3H3,(H,17,20)(H,18,19)/t11-/m0/s1. The number of carbonyl (C=O) groups is 2. The predicted octanol–water partition coefficient (Wildman–Crippen LogP) is 2.44. The normalized spacial score (nSPS) is 12.6. The summed E-state index contributed by atoms with van der Waals surface area (Å²) in [6, 6.07) is 3.71. The number of anilines is 1. The molecule has 21 heavy (non-hydrogen) atoms. The molecule has 1 aromatic rings. The fourth-order valence-corrected chi connectivity index (χ4v) is 1.79. The largest absolute Gasteiger partial charge is 0.480 e. The van der Waals surface area contributed by atoms with Crippen LogP contribution in [0.1, 0.15) is 26.3 Å². The van der Waals surface area contributed by atoms with Gasteiger partial charge in [-0.3, -0.25) is 0 Å². The van der Waals surface area contributed by atoms with E-state index >= 15 is 0 Å². The van der Waals surface area contributed by atoms with Gasteiger partial charge < -0.3 is 20.9 Å². The Morgan fingerprint density at radius 2 is 2.05 bits per heavy atom. The van der Waals surface area contributed by atoms with Gasteiger partial charge in [-0.25, -0.2) is 9.59 Å². The molecule has 0 heterocycles. The van der Waals surface area contributed by atoms with Crippen molar-refractivity contribution in [3.8, 4) is 0 Å². The molecule has 0 saturated carbocycles. The number of halogens is 1. The lowest BCUT2D eigenvalue weighted by Crippen LogP contribution is -2.44. The Labute approximate surface area is 128 Å². The van der Waals surface area contributed by atoms with Crippen LogP contribution in [-0.2, 0) is 16.0 Å². The molecule has 0 radical (unpaired) electrons. The molecule has 0 aliphatic rings. The highest BCUT2D eigenvalue weighted by Gasteiger charge is 2.24. The van der Waals surface area contributed by atoms with E-state index in [0.717, 1.165) is 0 Å². The summed E-state index contributed by atoms with van der Waals surface area (Å²) in [5.41, 5.74) is 5.95. The SMILES string of the molecule is CC(C)(C)OC(=O)N[C@@H](Cc1ccc(N)c(Cl)c1)C(=O)O. The molecule has 0 unspecified atom stereocenters. The van der Waals surface area contributed by atoms with E-state index in [1.165, 1.54) is 0 Å². The summed E-state index contributed by atoms with van der Waals surface area (Å²) in [4.78, 5) is 22.9. The zero-order chi connectivity index (χ0) is 16.2. The van der Waals surface area contributed by atoms with Gasteiger partial charge in [0.05, 0.1) is 10.7 Å². The van der Waals surface area contributed by atoms with Gasteiger partial charge in [0.1, 0.15) is 11.6 Å². The molecule has 0 aliphatic carbocycles. The van der Waals surface area contributed by atoms with Crippen molar-refractivity contribution >= 4 is 29.4 Å². The van der Waals surface area contributed by atoms with Crippen molar-refractivity contribution in [3.63, 3.8) is 0 Å². The molecule has 0 bridgehead atoms. The molecule has 1 aromatic carbocycles. The minimum Gasteiger partial charge on any atom is -0.480 e. The Morgan fingerprint density at radius 3 is 2.52 bits per heavy atom. The predicted molar refractivity (Wildman–Crippen MR) is 80.4 cm³/mol. The molecule has 1 rings (SSSR count). The molecule has 0 fully saturated rings. The van der Waals surface area contributed by atoms with Gasteiger partial charge in [0.25, 0.3) is 0 Å². The van der Waals surface area contributed by atoms with E-state index < -0.39 is 23.7 Å². The lowest BCUT2D eigenvalue weighted by Gasteiger charge is -2.22. The summed E-state index contributed by atoms with van der Waals surface area (Å²) in [6.07, 6.45) is -0.703. The maximum atomic E-state index is 11.6. The number of alkyl carbamates (subject to hydrolysis) is 1. The van der Waals surface area contributed by atoms with Crippen LogP contribution in [0.25, 0.3) is 0 Å². The first-order valence-corrected chi connectivity index (χ1v) is 6.72. The van der Waals surface area contributed by atoms with Crippen LogP contribution in [0.4, 0.5) is 10.5 Å². The summed E-state index contributed by atoms with van der Waals surface area (Å²) in [6.45, 7) is 5.09. The first-order chi connectivity index (χ1) is 9.58. The van der Waals surface area contributed by atoms with Gasteiger partial charge in [0.15, 0.2) is 0 Å². The van der Waals surface area contributed by atoms with Gasteiger partial charge in [-0.2, -0.15) is 0 Å². The number of amides is 1. The highest BCUT2D eigenvalue weighted by Crippen LogP contribution is 2.20. The number of carboxylic acid groups (broad SMARTS) is 1. The van der Waals surface area contributed by atoms with Gasteiger partial charge in [-0.1, -0.05) is 17.7 Å². The minimum atomic E-state index is -1.16. The number of carboxylic acids is 1. The molecule has 4 N–H and O–H groups in total. The van der Waals surface area contributed by atoms with E-state index in [-0.39, 0.29) is 6.42 Å². The van der Waals surface area contributed by atoms with Crippen LogP contribution in [0.15, 0.2) is 18.2 Å². The highest BCUT2D eigenvalue weighted by molar-refractivity contribution is 6.33. The first kappa shape index (κ1) is 17.1. The maximum Gasteiger partial charge on any atom is 0.408 e. The zero-order valence-electron chi connectivity index (χ0n) is 12.1. The Balaban J connectivity index is 2.76. The van der Waals surface area contributed by atoms with E-state index in [4.69, 9.17) is 22.1 Å². The minimum absolute atomic E-state index is 0.0780. The lowest BCUT2D eigenvalue weighted by molar-refractivity contribution is -0.139. The average Bonchev–Trinajstić information content (AvgIpc) is 2.30. The van der Waals surface area contributed by atoms with E-state index in [2.05, 4.69) is 5.32 Å². The number of aliphatic carboxylic acids is 1. The number of nitrogens with two attached hydrogens (primary N) is 1. The number of benzene rings is 1. The molecule has 116 valence electrons. The van der Waals surface area contributed by atoms with E-state index in [0.29, 0.717) is 16.3 Å². The van der Waals surface area contributed by atoms with Crippen molar-refractivity contribution < 1.29 is 19.4 Å². The number of rotatable bonds is 4. The van der Waals surface area contributed by atoms with Crippen molar-refractivity contribution in [2.24, 2.45) is 0 Å². The van der Waals surface area contributed by atoms with Crippen molar-refractivity contribution in [2.75, 3.05) is 5.73 Å². The van der Waals surface area contributed by atoms with E-state index in [9.17, 15) is 14.7 Å². The smallest absolute Gasteiger partial charge is 0.408 e. The van der Waals surface area contributed by atoms with Crippen LogP contribution in [0.5, 0.6) is 0 Å². The molecule has 0 aliphatic heterocycles. The lowest BCUT2D eigenvalue weighted by atomic mass is 10.1. The highest BCUT2D eigenvalue weighted by atomic mass is 35.5. The fraction of sp³-hybridized carbons (Fsp3) is 0.429. The molecule has 0 spiro atoms. The molecular formula is C14H19ClN2O4. The Hall–Kier alpha value is -1.95. The van der Waals surface area contributed by atoms with Crippen LogP contribution in [0.2, 0.25) is 5.02 Å². The second kappa shape index (κ2) is 6.67. The van der Waals surface area contributed by atoms with Crippen LogP contribution in [-0.4, -0.2) is 28.8 Å². The number of nitrogens with one attached hydrogen (secondary N) is 1. The summed E-state index contributed by atoms with van der Waals surface area (Å²) in [5.74, 6) is -1.16. The van der Waals surface area contributed by atoms with Gasteiger partial charge in [-0.05, 0) is 38.5 Å². The summed E-state index contributed by atoms with van der Waals surface area (Å²) in [5, 5.41) is 11.8. The van der Waals surface area contributed by atoms with Crippen LogP contribution >= 0.6 is 11.6 Å². The van der Waals surface area contributed by atoms with E-state index in [1.54, 1.807) is 39.0 Å². The average molecular weight is 315 g/mol. The molecule has 1 atom stereocenters. The Morgan fingerprint density at radius 1 is 1.43 bits per heavy atom. The third kappa shape index (κ3) is 5.91. The summed E-state index contributed by atoms with van der Waals surface area (Å²) < 4.78 is 5.04. The van der Waals surface area contributed by atoms with Crippen LogP contribution < -0.4 is 11.1 Å². The first-order valence-electron chi connectivity index (χ1n) is 6.34. The Kier molecular flexibility index (Phi) is 5.43. The molecular weight excluding hydrogens is 296 g/mol. The second-order valence-electron chi connectivity index (χ2n) is 5.60. The topological polar surface area (TPSA) is 102 Å². The maximum absolute atomic E-state index is 11.6. The van der Waals surface area contributed by atoms with Crippen LogP contribution in [0.3, 0.4) is 0 Å². The number of hydrogen-bond acceptors (Lipinski definition) is 4. The van der Waals surface area contributed by atoms with Crippen molar-refractivity contribution in [3.05, 3.63) is 28.8 Å². The fourth-order valence-electron chi connectivity index (χ4n) is 1.58. The molecule has 0 aromatic heterocycles. The molecule has 0 saturated heterocycles. The van der Waals surface area contributed by atoms with Crippen molar-refractivity contribution in [2.45, 2.75) is 38.8 Å². The van der Waals surface area contributed by atoms with Gasteiger partial charge in [-0.15, -0.1) is 0 Å². The van der Waals surface area contributed by atoms with Gasteiger partial charge >= 0.3 is 12.1 Å². The molecule has 7 heteroatoms. The number of ether oxygens (including phenoxy) is 1. The summed E-state index contributed by atoms with van der Waals surface area (Å²) in [7, 11) is 0. The second-order valence-corrected chi connectivity index (χ2v) is 6.00. The third-order valence-electron chi connectivity index (χ3n) is 2.49. The third-order valence-corrected chi connectivity index (χ3v) is 2.82. The molecule has 1 amide bonds. The monoisotopic (exact) mass is 314 g/mol. The number of nitrogen functional groups attached to an aromatic ring is 1. The zero-order valence-corrected chi connectivity index (χ0v) is 12.9. The summed E-state index contributed by atoms with van der Waals surface area (Å²) >= 11 is 5.89.